The first-order valence-corrected chi connectivity index (χ1v) is 10.6. The van der Waals surface area contributed by atoms with E-state index in [0.29, 0.717) is 27.6 Å². The van der Waals surface area contributed by atoms with Gasteiger partial charge in [0.2, 0.25) is 0 Å². The van der Waals surface area contributed by atoms with Crippen molar-refractivity contribution in [2.45, 2.75) is 6.61 Å². The predicted octanol–water partition coefficient (Wildman–Crippen LogP) is 4.45. The highest BCUT2D eigenvalue weighted by molar-refractivity contribution is 6.43. The van der Waals surface area contributed by atoms with Crippen LogP contribution < -0.4 is 15.5 Å². The summed E-state index contributed by atoms with van der Waals surface area (Å²) in [5, 5.41) is 6.80. The lowest BCUT2D eigenvalue weighted by atomic mass is 10.1. The number of esters is 1. The zero-order valence-electron chi connectivity index (χ0n) is 17.9. The molecule has 2 N–H and O–H groups in total. The van der Waals surface area contributed by atoms with Gasteiger partial charge in [0.25, 0.3) is 0 Å². The van der Waals surface area contributed by atoms with Gasteiger partial charge in [-0.2, -0.15) is 5.10 Å². The second-order valence-corrected chi connectivity index (χ2v) is 7.61. The van der Waals surface area contributed by atoms with Crippen molar-refractivity contribution in [1.29, 1.82) is 0 Å². The predicted molar refractivity (Wildman–Crippen MR) is 129 cm³/mol. The number of halogens is 2. The Balaban J connectivity index is 1.57. The van der Waals surface area contributed by atoms with Crippen molar-refractivity contribution in [3.05, 3.63) is 93.5 Å². The number of nitrogens with zero attached hydrogens (tertiary/aromatic N) is 1. The number of amides is 2. The fourth-order valence-corrected chi connectivity index (χ4v) is 3.01. The number of hydrogen-bond acceptors (Lipinski definition) is 6. The molecule has 0 unspecified atom stereocenters. The lowest BCUT2D eigenvalue weighted by Gasteiger charge is -2.09. The van der Waals surface area contributed by atoms with Crippen LogP contribution in [0.3, 0.4) is 0 Å². The van der Waals surface area contributed by atoms with Crippen LogP contribution in [0, 0.1) is 0 Å². The van der Waals surface area contributed by atoms with Crippen LogP contribution in [-0.2, 0) is 20.9 Å². The third kappa shape index (κ3) is 6.81. The molecule has 0 aliphatic heterocycles. The number of nitrogens with one attached hydrogen (secondary N) is 2. The number of carbonyl (C=O) groups excluding carboxylic acids is 3. The molecule has 10 heteroatoms. The Bertz CT molecular complexity index is 1230. The number of hydrogen-bond donors (Lipinski definition) is 2. The molecular weight excluding hydrogens is 481 g/mol. The van der Waals surface area contributed by atoms with Crippen LogP contribution >= 0.6 is 23.2 Å². The topological polar surface area (TPSA) is 106 Å². The number of para-hydroxylation sites is 1. The van der Waals surface area contributed by atoms with E-state index in [0.717, 1.165) is 5.56 Å². The number of benzene rings is 3. The van der Waals surface area contributed by atoms with Gasteiger partial charge in [-0.3, -0.25) is 9.59 Å². The normalized spacial score (nSPS) is 10.6. The van der Waals surface area contributed by atoms with E-state index in [1.807, 2.05) is 0 Å². The number of methoxy groups -OCH3 is 1. The van der Waals surface area contributed by atoms with Crippen LogP contribution in [0.2, 0.25) is 10.0 Å². The molecule has 34 heavy (non-hydrogen) atoms. The van der Waals surface area contributed by atoms with Crippen LogP contribution in [-0.4, -0.2) is 31.1 Å². The highest BCUT2D eigenvalue weighted by Crippen LogP contribution is 2.25. The van der Waals surface area contributed by atoms with Gasteiger partial charge in [0, 0.05) is 11.3 Å². The molecule has 8 nitrogen and oxygen atoms in total. The van der Waals surface area contributed by atoms with Gasteiger partial charge < -0.3 is 14.8 Å². The van der Waals surface area contributed by atoms with Gasteiger partial charge in [0.15, 0.2) is 0 Å². The molecule has 3 aromatic carbocycles. The van der Waals surface area contributed by atoms with Crippen molar-refractivity contribution in [2.75, 3.05) is 12.4 Å². The van der Waals surface area contributed by atoms with Crippen molar-refractivity contribution in [2.24, 2.45) is 5.10 Å². The summed E-state index contributed by atoms with van der Waals surface area (Å²) in [6.45, 7) is 0.241. The van der Waals surface area contributed by atoms with E-state index >= 15 is 0 Å². The summed E-state index contributed by atoms with van der Waals surface area (Å²) >= 11 is 11.7. The van der Waals surface area contributed by atoms with Gasteiger partial charge in [-0.25, -0.2) is 10.2 Å². The summed E-state index contributed by atoms with van der Waals surface area (Å²) in [5.74, 6) is -1.79. The van der Waals surface area contributed by atoms with E-state index in [9.17, 15) is 14.4 Å². The van der Waals surface area contributed by atoms with Gasteiger partial charge in [0.05, 0.1) is 28.9 Å². The zero-order chi connectivity index (χ0) is 24.5. The first-order valence-electron chi connectivity index (χ1n) is 9.86. The molecule has 0 fully saturated rings. The third-order valence-corrected chi connectivity index (χ3v) is 5.18. The minimum atomic E-state index is -0.966. The average molecular weight is 500 g/mol. The minimum Gasteiger partial charge on any atom is -0.488 e. The number of ether oxygens (including phenoxy) is 2. The summed E-state index contributed by atoms with van der Waals surface area (Å²) in [5.41, 5.74) is 4.34. The Labute approximate surface area is 205 Å². The molecule has 0 aromatic heterocycles. The second-order valence-electron chi connectivity index (χ2n) is 6.80. The van der Waals surface area contributed by atoms with E-state index < -0.39 is 17.8 Å². The molecule has 0 spiro atoms. The average Bonchev–Trinajstić information content (AvgIpc) is 2.85. The highest BCUT2D eigenvalue weighted by atomic mass is 35.5. The molecule has 0 bridgehead atoms. The minimum absolute atomic E-state index is 0.241. The lowest BCUT2D eigenvalue weighted by molar-refractivity contribution is -0.136. The Kier molecular flexibility index (Phi) is 8.61. The summed E-state index contributed by atoms with van der Waals surface area (Å²) in [4.78, 5) is 35.6. The monoisotopic (exact) mass is 499 g/mol. The van der Waals surface area contributed by atoms with Gasteiger partial charge in [-0.05, 0) is 48.0 Å². The van der Waals surface area contributed by atoms with Gasteiger partial charge >= 0.3 is 17.8 Å². The van der Waals surface area contributed by atoms with Crippen molar-refractivity contribution >= 4 is 52.9 Å². The Hall–Kier alpha value is -3.88. The van der Waals surface area contributed by atoms with Crippen LogP contribution in [0.5, 0.6) is 5.75 Å². The van der Waals surface area contributed by atoms with E-state index in [1.165, 1.54) is 31.5 Å². The molecule has 174 valence electrons. The van der Waals surface area contributed by atoms with E-state index in [-0.39, 0.29) is 11.6 Å². The van der Waals surface area contributed by atoms with E-state index in [1.54, 1.807) is 48.5 Å². The Morgan fingerprint density at radius 2 is 1.68 bits per heavy atom. The maximum absolute atomic E-state index is 12.0. The number of hydrazone groups is 1. The van der Waals surface area contributed by atoms with Gasteiger partial charge in [0.1, 0.15) is 12.4 Å². The maximum Gasteiger partial charge on any atom is 0.337 e. The highest BCUT2D eigenvalue weighted by Gasteiger charge is 2.13. The first-order chi connectivity index (χ1) is 16.4. The molecule has 3 rings (SSSR count). The molecule has 0 atom stereocenters. The Morgan fingerprint density at radius 3 is 2.38 bits per heavy atom. The molecule has 0 saturated heterocycles. The van der Waals surface area contributed by atoms with Crippen molar-refractivity contribution in [3.63, 3.8) is 0 Å². The van der Waals surface area contributed by atoms with E-state index in [2.05, 4.69) is 20.6 Å². The molecule has 0 heterocycles. The van der Waals surface area contributed by atoms with Gasteiger partial charge in [-0.1, -0.05) is 47.5 Å². The first kappa shape index (κ1) is 24.8. The fraction of sp³-hybridized carbons (Fsp3) is 0.0833. The summed E-state index contributed by atoms with van der Waals surface area (Å²) < 4.78 is 10.5. The van der Waals surface area contributed by atoms with Crippen molar-refractivity contribution in [3.8, 4) is 5.75 Å². The fourth-order valence-electron chi connectivity index (χ4n) is 2.71. The molecule has 0 aliphatic carbocycles. The van der Waals surface area contributed by atoms with Crippen LogP contribution in [0.4, 0.5) is 5.69 Å². The SMILES string of the molecule is COC(=O)c1ccc(COc2ccccc2/C=N/NC(=O)C(=O)Nc2ccc(Cl)c(Cl)c2)cc1. The molecule has 0 saturated carbocycles. The standard InChI is InChI=1S/C24H19Cl2N3O5/c1-33-24(32)16-8-6-15(7-9-16)14-34-21-5-3-2-4-17(21)13-27-29-23(31)22(30)28-18-10-11-19(25)20(26)12-18/h2-13H,14H2,1H3,(H,28,30)(H,29,31)/b27-13+. The maximum atomic E-state index is 12.0. The summed E-state index contributed by atoms with van der Waals surface area (Å²) in [6, 6.07) is 18.3. The van der Waals surface area contributed by atoms with Crippen molar-refractivity contribution < 1.29 is 23.9 Å². The van der Waals surface area contributed by atoms with Crippen LogP contribution in [0.15, 0.2) is 71.8 Å². The van der Waals surface area contributed by atoms with Crippen LogP contribution in [0.1, 0.15) is 21.5 Å². The summed E-state index contributed by atoms with van der Waals surface area (Å²) in [7, 11) is 1.32. The molecule has 0 radical (unpaired) electrons. The lowest BCUT2D eigenvalue weighted by Crippen LogP contribution is -2.32. The number of anilines is 1. The molecule has 2 amide bonds. The number of rotatable bonds is 7. The quantitative estimate of drug-likeness (QED) is 0.216. The third-order valence-electron chi connectivity index (χ3n) is 4.44. The van der Waals surface area contributed by atoms with Crippen molar-refractivity contribution in [1.82, 2.24) is 5.43 Å². The summed E-state index contributed by atoms with van der Waals surface area (Å²) in [6.07, 6.45) is 1.36. The largest absolute Gasteiger partial charge is 0.488 e. The second kappa shape index (κ2) is 11.8. The molecule has 3 aromatic rings. The Morgan fingerprint density at radius 1 is 0.941 bits per heavy atom. The van der Waals surface area contributed by atoms with E-state index in [4.69, 9.17) is 27.9 Å². The van der Waals surface area contributed by atoms with Gasteiger partial charge in [-0.15, -0.1) is 0 Å². The zero-order valence-corrected chi connectivity index (χ0v) is 19.4. The number of carbonyl (C=O) groups is 3. The van der Waals surface area contributed by atoms with Crippen LogP contribution in [0.25, 0.3) is 0 Å². The molecule has 0 aliphatic rings. The smallest absolute Gasteiger partial charge is 0.337 e. The molecular formula is C24H19Cl2N3O5.